The Labute approximate surface area is 210 Å². The summed E-state index contributed by atoms with van der Waals surface area (Å²) in [5, 5.41) is 14.9. The molecular formula is C24H22N4O3S3. The molecule has 174 valence electrons. The fourth-order valence-electron chi connectivity index (χ4n) is 3.14. The summed E-state index contributed by atoms with van der Waals surface area (Å²) >= 11 is 4.48. The number of thioether (sulfide) groups is 2. The van der Waals surface area contributed by atoms with Gasteiger partial charge in [0.1, 0.15) is 0 Å². The monoisotopic (exact) mass is 510 g/mol. The zero-order valence-corrected chi connectivity index (χ0v) is 21.0. The molecule has 0 saturated heterocycles. The van der Waals surface area contributed by atoms with Gasteiger partial charge in [0, 0.05) is 5.75 Å². The molecule has 34 heavy (non-hydrogen) atoms. The summed E-state index contributed by atoms with van der Waals surface area (Å²) in [6, 6.07) is 20.1. The van der Waals surface area contributed by atoms with E-state index in [1.807, 2.05) is 12.1 Å². The number of aromatic nitrogens is 2. The number of carbonyl (C=O) groups is 1. The first kappa shape index (κ1) is 24.1. The zero-order chi connectivity index (χ0) is 23.8. The van der Waals surface area contributed by atoms with Crippen molar-refractivity contribution >= 4 is 57.8 Å². The fourth-order valence-corrected chi connectivity index (χ4v) is 5.96. The van der Waals surface area contributed by atoms with Crippen LogP contribution in [0.2, 0.25) is 0 Å². The first-order chi connectivity index (χ1) is 16.7. The van der Waals surface area contributed by atoms with E-state index in [2.05, 4.69) is 57.1 Å². The van der Waals surface area contributed by atoms with Crippen molar-refractivity contribution in [3.8, 4) is 11.5 Å². The number of methoxy groups -OCH3 is 2. The molecule has 10 heteroatoms. The highest BCUT2D eigenvalue weighted by molar-refractivity contribution is 8.03. The van der Waals surface area contributed by atoms with E-state index in [1.165, 1.54) is 39.4 Å². The van der Waals surface area contributed by atoms with E-state index in [0.29, 0.717) is 11.5 Å². The Kier molecular flexibility index (Phi) is 8.40. The highest BCUT2D eigenvalue weighted by Gasteiger charge is 2.10. The molecule has 1 heterocycles. The van der Waals surface area contributed by atoms with Crippen LogP contribution in [-0.2, 0) is 10.5 Å². The molecule has 1 aromatic heterocycles. The molecule has 4 aromatic rings. The number of benzene rings is 3. The van der Waals surface area contributed by atoms with Gasteiger partial charge in [0.15, 0.2) is 20.2 Å². The van der Waals surface area contributed by atoms with E-state index >= 15 is 0 Å². The van der Waals surface area contributed by atoms with Gasteiger partial charge in [0.2, 0.25) is 0 Å². The summed E-state index contributed by atoms with van der Waals surface area (Å²) in [5.41, 5.74) is 4.57. The minimum absolute atomic E-state index is 0.200. The summed E-state index contributed by atoms with van der Waals surface area (Å²) in [6.07, 6.45) is 1.55. The highest BCUT2D eigenvalue weighted by atomic mass is 32.2. The van der Waals surface area contributed by atoms with Gasteiger partial charge in [-0.15, -0.1) is 10.2 Å². The van der Waals surface area contributed by atoms with Gasteiger partial charge in [-0.05, 0) is 40.1 Å². The van der Waals surface area contributed by atoms with Gasteiger partial charge < -0.3 is 9.47 Å². The van der Waals surface area contributed by atoms with E-state index < -0.39 is 0 Å². The second-order valence-electron chi connectivity index (χ2n) is 6.96. The van der Waals surface area contributed by atoms with Crippen LogP contribution in [0.25, 0.3) is 10.8 Å². The van der Waals surface area contributed by atoms with Crippen molar-refractivity contribution in [2.24, 2.45) is 5.10 Å². The van der Waals surface area contributed by atoms with Crippen molar-refractivity contribution in [3.63, 3.8) is 0 Å². The summed E-state index contributed by atoms with van der Waals surface area (Å²) in [6.45, 7) is 0. The molecule has 0 radical (unpaired) electrons. The third-order valence-corrected chi connectivity index (χ3v) is 7.99. The number of ether oxygens (including phenoxy) is 2. The Morgan fingerprint density at radius 2 is 1.76 bits per heavy atom. The molecule has 4 rings (SSSR count). The average Bonchev–Trinajstić information content (AvgIpc) is 3.34. The number of rotatable bonds is 10. The maximum absolute atomic E-state index is 12.1. The van der Waals surface area contributed by atoms with Crippen LogP contribution < -0.4 is 14.9 Å². The molecule has 7 nitrogen and oxygen atoms in total. The lowest BCUT2D eigenvalue weighted by molar-refractivity contribution is -0.118. The summed E-state index contributed by atoms with van der Waals surface area (Å²) in [4.78, 5) is 12.1. The van der Waals surface area contributed by atoms with Crippen molar-refractivity contribution in [1.82, 2.24) is 15.6 Å². The van der Waals surface area contributed by atoms with Crippen molar-refractivity contribution in [1.29, 1.82) is 0 Å². The van der Waals surface area contributed by atoms with Crippen LogP contribution in [0.4, 0.5) is 0 Å². The Morgan fingerprint density at radius 1 is 1.00 bits per heavy atom. The third-order valence-electron chi connectivity index (χ3n) is 4.76. The van der Waals surface area contributed by atoms with E-state index in [-0.39, 0.29) is 11.7 Å². The number of carbonyl (C=O) groups excluding carboxylic acids is 1. The topological polar surface area (TPSA) is 85.7 Å². The Balaban J connectivity index is 1.25. The zero-order valence-electron chi connectivity index (χ0n) is 18.6. The minimum atomic E-state index is -0.220. The van der Waals surface area contributed by atoms with E-state index in [4.69, 9.17) is 9.47 Å². The van der Waals surface area contributed by atoms with Gasteiger partial charge in [-0.25, -0.2) is 5.43 Å². The van der Waals surface area contributed by atoms with Crippen LogP contribution in [-0.4, -0.2) is 42.3 Å². The Bertz CT molecular complexity index is 1300. The lowest BCUT2D eigenvalue weighted by Crippen LogP contribution is -2.19. The number of fused-ring (bicyclic) bond motifs is 1. The summed E-state index contributed by atoms with van der Waals surface area (Å²) in [5.74, 6) is 2.02. The quantitative estimate of drug-likeness (QED) is 0.177. The summed E-state index contributed by atoms with van der Waals surface area (Å²) < 4.78 is 12.1. The second kappa shape index (κ2) is 11.9. The second-order valence-corrected chi connectivity index (χ2v) is 10.4. The van der Waals surface area contributed by atoms with Crippen LogP contribution in [0.1, 0.15) is 11.1 Å². The number of nitrogens with one attached hydrogen (secondary N) is 1. The summed E-state index contributed by atoms with van der Waals surface area (Å²) in [7, 11) is 3.15. The first-order valence-corrected chi connectivity index (χ1v) is 13.0. The lowest BCUT2D eigenvalue weighted by atomic mass is 10.1. The maximum Gasteiger partial charge on any atom is 0.250 e. The van der Waals surface area contributed by atoms with Gasteiger partial charge in [-0.3, -0.25) is 4.79 Å². The average molecular weight is 511 g/mol. The Morgan fingerprint density at radius 3 is 2.59 bits per heavy atom. The molecule has 0 atom stereocenters. The van der Waals surface area contributed by atoms with Gasteiger partial charge in [-0.2, -0.15) is 5.10 Å². The number of hydrogen-bond acceptors (Lipinski definition) is 9. The normalized spacial score (nSPS) is 11.1. The van der Waals surface area contributed by atoms with Crippen molar-refractivity contribution in [3.05, 3.63) is 71.8 Å². The van der Waals surface area contributed by atoms with Crippen molar-refractivity contribution in [2.75, 3.05) is 20.0 Å². The first-order valence-electron chi connectivity index (χ1n) is 10.3. The van der Waals surface area contributed by atoms with Crippen LogP contribution in [0.3, 0.4) is 0 Å². The smallest absolute Gasteiger partial charge is 0.250 e. The van der Waals surface area contributed by atoms with Crippen LogP contribution in [0, 0.1) is 0 Å². The molecule has 0 aliphatic heterocycles. The van der Waals surface area contributed by atoms with Crippen LogP contribution in [0.5, 0.6) is 11.5 Å². The fraction of sp³-hybridized carbons (Fsp3) is 0.167. The van der Waals surface area contributed by atoms with Crippen LogP contribution >= 0.6 is 34.9 Å². The number of amides is 1. The predicted octanol–water partition coefficient (Wildman–Crippen LogP) is 5.24. The van der Waals surface area contributed by atoms with Gasteiger partial charge in [-0.1, -0.05) is 77.3 Å². The van der Waals surface area contributed by atoms with Crippen LogP contribution in [0.15, 0.2) is 74.4 Å². The number of hydrogen-bond donors (Lipinski definition) is 1. The molecule has 3 aromatic carbocycles. The van der Waals surface area contributed by atoms with E-state index in [0.717, 1.165) is 20.0 Å². The molecule has 0 spiro atoms. The minimum Gasteiger partial charge on any atom is -0.493 e. The molecule has 0 aliphatic carbocycles. The standard InChI is InChI=1S/C24H22N4O3S3/c1-30-20-11-10-16(12-21(20)31-2)13-25-26-22(29)15-33-24-28-27-23(34-24)32-14-18-8-5-7-17-6-3-4-9-19(17)18/h3-13H,14-15H2,1-2H3,(H,26,29)/b25-13-. The van der Waals surface area contributed by atoms with Gasteiger partial charge in [0.05, 0.1) is 26.2 Å². The largest absolute Gasteiger partial charge is 0.493 e. The van der Waals surface area contributed by atoms with E-state index in [1.54, 1.807) is 44.3 Å². The van der Waals surface area contributed by atoms with Crippen molar-refractivity contribution < 1.29 is 14.3 Å². The molecule has 0 bridgehead atoms. The molecule has 0 saturated carbocycles. The van der Waals surface area contributed by atoms with Crippen molar-refractivity contribution in [2.45, 2.75) is 14.4 Å². The van der Waals surface area contributed by atoms with E-state index in [9.17, 15) is 4.79 Å². The molecule has 0 fully saturated rings. The maximum atomic E-state index is 12.1. The molecular weight excluding hydrogens is 488 g/mol. The SMILES string of the molecule is COc1ccc(/C=N\NC(=O)CSc2nnc(SCc3cccc4ccccc34)s2)cc1OC. The van der Waals surface area contributed by atoms with Gasteiger partial charge >= 0.3 is 0 Å². The third kappa shape index (κ3) is 6.28. The van der Waals surface area contributed by atoms with Gasteiger partial charge in [0.25, 0.3) is 5.91 Å². The lowest BCUT2D eigenvalue weighted by Gasteiger charge is -2.07. The molecule has 1 amide bonds. The number of hydrazone groups is 1. The molecule has 0 unspecified atom stereocenters. The number of nitrogens with zero attached hydrogens (tertiary/aromatic N) is 3. The Hall–Kier alpha value is -3.08. The highest BCUT2D eigenvalue weighted by Crippen LogP contribution is 2.32. The predicted molar refractivity (Wildman–Crippen MR) is 139 cm³/mol. The molecule has 0 aliphatic rings. The molecule has 1 N–H and O–H groups in total.